The zero-order valence-corrected chi connectivity index (χ0v) is 15.6. The Kier molecular flexibility index (Phi) is 5.73. The summed E-state index contributed by atoms with van der Waals surface area (Å²) in [6.07, 6.45) is 6.90. The first-order valence-corrected chi connectivity index (χ1v) is 10.4. The highest BCUT2D eigenvalue weighted by Gasteiger charge is 2.21. The summed E-state index contributed by atoms with van der Waals surface area (Å²) in [7, 11) is -3.53. The molecule has 0 saturated heterocycles. The van der Waals surface area contributed by atoms with E-state index in [1.165, 1.54) is 37.1 Å². The summed E-state index contributed by atoms with van der Waals surface area (Å²) in [5, 5.41) is 7.21. The van der Waals surface area contributed by atoms with Crippen molar-refractivity contribution < 1.29 is 13.2 Å². The van der Waals surface area contributed by atoms with Crippen molar-refractivity contribution in [1.82, 2.24) is 14.5 Å². The minimum Gasteiger partial charge on any atom is -0.307 e. The molecule has 26 heavy (non-hydrogen) atoms. The summed E-state index contributed by atoms with van der Waals surface area (Å²) in [6, 6.07) is 8.04. The molecule has 0 radical (unpaired) electrons. The largest absolute Gasteiger partial charge is 0.307 e. The van der Waals surface area contributed by atoms with E-state index in [0.29, 0.717) is 30.4 Å². The number of nitrogens with one attached hydrogen (secondary N) is 2. The van der Waals surface area contributed by atoms with Gasteiger partial charge in [-0.2, -0.15) is 5.10 Å². The van der Waals surface area contributed by atoms with E-state index in [9.17, 15) is 13.2 Å². The molecule has 0 bridgehead atoms. The monoisotopic (exact) mass is 376 g/mol. The van der Waals surface area contributed by atoms with Crippen LogP contribution < -0.4 is 10.0 Å². The van der Waals surface area contributed by atoms with E-state index in [1.807, 2.05) is 11.6 Å². The molecule has 140 valence electrons. The van der Waals surface area contributed by atoms with Crippen molar-refractivity contribution in [3.63, 3.8) is 0 Å². The maximum Gasteiger partial charge on any atom is 0.256 e. The van der Waals surface area contributed by atoms with E-state index in [0.717, 1.165) is 12.8 Å². The van der Waals surface area contributed by atoms with Gasteiger partial charge in [-0.05, 0) is 43.5 Å². The molecule has 0 spiro atoms. The fraction of sp³-hybridized carbons (Fsp3) is 0.444. The first-order chi connectivity index (χ1) is 12.5. The summed E-state index contributed by atoms with van der Waals surface area (Å²) >= 11 is 0. The molecule has 7 nitrogen and oxygen atoms in total. The quantitative estimate of drug-likeness (QED) is 0.777. The topological polar surface area (TPSA) is 93.1 Å². The number of carbonyl (C=O) groups is 1. The fourth-order valence-electron chi connectivity index (χ4n) is 3.15. The third-order valence-corrected chi connectivity index (χ3v) is 6.03. The molecule has 0 unspecified atom stereocenters. The molecule has 1 aliphatic carbocycles. The standard InChI is InChI=1S/C18H24N4O3S/c1-2-12-20-26(24,25)16-9-7-14(8-10-16)18(23)21-17-11-13-19-22(17)15-5-3-4-6-15/h7-11,13,15,20H,2-6,12H2,1H3,(H,21,23). The van der Waals surface area contributed by atoms with Crippen molar-refractivity contribution in [1.29, 1.82) is 0 Å². The molecule has 8 heteroatoms. The van der Waals surface area contributed by atoms with Gasteiger partial charge in [-0.3, -0.25) is 4.79 Å². The highest BCUT2D eigenvalue weighted by atomic mass is 32.2. The van der Waals surface area contributed by atoms with Crippen LogP contribution >= 0.6 is 0 Å². The Labute approximate surface area is 153 Å². The molecule has 1 aliphatic rings. The van der Waals surface area contributed by atoms with Crippen molar-refractivity contribution in [2.24, 2.45) is 0 Å². The molecule has 2 aromatic rings. The zero-order chi connectivity index (χ0) is 18.6. The van der Waals surface area contributed by atoms with Gasteiger partial charge in [0.05, 0.1) is 17.1 Å². The Morgan fingerprint density at radius 1 is 1.19 bits per heavy atom. The van der Waals surface area contributed by atoms with E-state index < -0.39 is 10.0 Å². The van der Waals surface area contributed by atoms with Gasteiger partial charge in [0.1, 0.15) is 5.82 Å². The van der Waals surface area contributed by atoms with Gasteiger partial charge in [0.2, 0.25) is 10.0 Å². The summed E-state index contributed by atoms with van der Waals surface area (Å²) in [5.41, 5.74) is 0.401. The van der Waals surface area contributed by atoms with E-state index in [2.05, 4.69) is 15.1 Å². The maximum atomic E-state index is 12.5. The van der Waals surface area contributed by atoms with Crippen LogP contribution in [0.1, 0.15) is 55.4 Å². The van der Waals surface area contributed by atoms with Crippen LogP contribution in [0.4, 0.5) is 5.82 Å². The first-order valence-electron chi connectivity index (χ1n) is 8.96. The summed E-state index contributed by atoms with van der Waals surface area (Å²) < 4.78 is 28.6. The highest BCUT2D eigenvalue weighted by Crippen LogP contribution is 2.31. The fourth-order valence-corrected chi connectivity index (χ4v) is 4.28. The Hall–Kier alpha value is -2.19. The molecule has 2 N–H and O–H groups in total. The average molecular weight is 376 g/mol. The van der Waals surface area contributed by atoms with Gasteiger partial charge in [0, 0.05) is 18.2 Å². The first kappa shape index (κ1) is 18.6. The second-order valence-corrected chi connectivity index (χ2v) is 8.24. The van der Waals surface area contributed by atoms with E-state index >= 15 is 0 Å². The summed E-state index contributed by atoms with van der Waals surface area (Å²) in [5.74, 6) is 0.387. The average Bonchev–Trinajstić information content (AvgIpc) is 3.31. The van der Waals surface area contributed by atoms with Gasteiger partial charge in [-0.25, -0.2) is 17.8 Å². The predicted octanol–water partition coefficient (Wildman–Crippen LogP) is 2.94. The van der Waals surface area contributed by atoms with E-state index in [1.54, 1.807) is 12.3 Å². The number of carbonyl (C=O) groups excluding carboxylic acids is 1. The molecule has 0 atom stereocenters. The second-order valence-electron chi connectivity index (χ2n) is 6.48. The molecular weight excluding hydrogens is 352 g/mol. The van der Waals surface area contributed by atoms with Gasteiger partial charge in [0.25, 0.3) is 5.91 Å². The SMILES string of the molecule is CCCNS(=O)(=O)c1ccc(C(=O)Nc2ccnn2C2CCCC2)cc1. The normalized spacial score (nSPS) is 15.3. The molecular formula is C18H24N4O3S. The van der Waals surface area contributed by atoms with Crippen LogP contribution in [0.15, 0.2) is 41.4 Å². The summed E-state index contributed by atoms with van der Waals surface area (Å²) in [4.78, 5) is 12.6. The maximum absolute atomic E-state index is 12.5. The van der Waals surface area contributed by atoms with E-state index in [4.69, 9.17) is 0 Å². The van der Waals surface area contributed by atoms with Crippen molar-refractivity contribution in [3.05, 3.63) is 42.1 Å². The minimum absolute atomic E-state index is 0.151. The van der Waals surface area contributed by atoms with Crippen molar-refractivity contribution in [2.45, 2.75) is 50.0 Å². The number of anilines is 1. The smallest absolute Gasteiger partial charge is 0.256 e. The lowest BCUT2D eigenvalue weighted by Crippen LogP contribution is -2.24. The summed E-state index contributed by atoms with van der Waals surface area (Å²) in [6.45, 7) is 2.28. The second kappa shape index (κ2) is 8.01. The van der Waals surface area contributed by atoms with Crippen LogP contribution in [-0.4, -0.2) is 30.7 Å². The van der Waals surface area contributed by atoms with Crippen LogP contribution in [0.2, 0.25) is 0 Å². The predicted molar refractivity (Wildman–Crippen MR) is 99.6 cm³/mol. The van der Waals surface area contributed by atoms with Gasteiger partial charge in [0.15, 0.2) is 0 Å². The van der Waals surface area contributed by atoms with Crippen molar-refractivity contribution in [2.75, 3.05) is 11.9 Å². The number of benzene rings is 1. The molecule has 1 amide bonds. The molecule has 0 aliphatic heterocycles. The van der Waals surface area contributed by atoms with Gasteiger partial charge >= 0.3 is 0 Å². The molecule has 1 fully saturated rings. The number of hydrogen-bond donors (Lipinski definition) is 2. The van der Waals surface area contributed by atoms with Gasteiger partial charge in [-0.15, -0.1) is 0 Å². The Balaban J connectivity index is 1.70. The van der Waals surface area contributed by atoms with Crippen LogP contribution in [-0.2, 0) is 10.0 Å². The number of nitrogens with zero attached hydrogens (tertiary/aromatic N) is 2. The molecule has 1 saturated carbocycles. The Morgan fingerprint density at radius 2 is 1.88 bits per heavy atom. The van der Waals surface area contributed by atoms with Gasteiger partial charge < -0.3 is 5.32 Å². The number of rotatable bonds is 7. The zero-order valence-electron chi connectivity index (χ0n) is 14.8. The number of hydrogen-bond acceptors (Lipinski definition) is 4. The third-order valence-electron chi connectivity index (χ3n) is 4.55. The lowest BCUT2D eigenvalue weighted by atomic mass is 10.2. The minimum atomic E-state index is -3.53. The van der Waals surface area contributed by atoms with Gasteiger partial charge in [-0.1, -0.05) is 19.8 Å². The highest BCUT2D eigenvalue weighted by molar-refractivity contribution is 7.89. The lowest BCUT2D eigenvalue weighted by molar-refractivity contribution is 0.102. The van der Waals surface area contributed by atoms with E-state index in [-0.39, 0.29) is 10.8 Å². The van der Waals surface area contributed by atoms with Crippen LogP contribution in [0, 0.1) is 0 Å². The van der Waals surface area contributed by atoms with Crippen LogP contribution in [0.25, 0.3) is 0 Å². The number of amides is 1. The van der Waals surface area contributed by atoms with Crippen molar-refractivity contribution >= 4 is 21.7 Å². The molecule has 1 heterocycles. The van der Waals surface area contributed by atoms with Crippen molar-refractivity contribution in [3.8, 4) is 0 Å². The lowest BCUT2D eigenvalue weighted by Gasteiger charge is -2.14. The third kappa shape index (κ3) is 4.13. The van der Waals surface area contributed by atoms with Crippen LogP contribution in [0.5, 0.6) is 0 Å². The number of aromatic nitrogens is 2. The van der Waals surface area contributed by atoms with Crippen LogP contribution in [0.3, 0.4) is 0 Å². The Morgan fingerprint density at radius 3 is 2.54 bits per heavy atom. The molecule has 3 rings (SSSR count). The Bertz CT molecular complexity index is 853. The number of sulfonamides is 1. The molecule has 1 aromatic carbocycles. The molecule has 1 aromatic heterocycles.